The maximum Gasteiger partial charge on any atom is 0.160 e. The van der Waals surface area contributed by atoms with Crippen LogP contribution in [0.5, 0.6) is 11.5 Å². The van der Waals surface area contributed by atoms with Gasteiger partial charge < -0.3 is 15.1 Å². The maximum atomic E-state index is 9.76. The summed E-state index contributed by atoms with van der Waals surface area (Å²) in [5.41, 5.74) is 2.77. The minimum absolute atomic E-state index is 0.0880. The molecule has 0 unspecified atom stereocenters. The van der Waals surface area contributed by atoms with E-state index >= 15 is 0 Å². The van der Waals surface area contributed by atoms with Gasteiger partial charge in [-0.1, -0.05) is 47.6 Å². The Morgan fingerprint density at radius 3 is 2.58 bits per heavy atom. The van der Waals surface area contributed by atoms with Gasteiger partial charge in [-0.15, -0.1) is 0 Å². The van der Waals surface area contributed by atoms with Crippen molar-refractivity contribution in [1.82, 2.24) is 0 Å². The standard InChI is InChI=1S/C20H23NO3/c1-24-20-14-12-17(15-19(20)22)11-13-18(21-23)10-6-5-9-16-7-3-2-4-8-16/h2-4,7-8,11-15,22-23H,5-6,9-10H2,1H3. The van der Waals surface area contributed by atoms with Crippen LogP contribution in [0.1, 0.15) is 30.4 Å². The summed E-state index contributed by atoms with van der Waals surface area (Å²) in [6, 6.07) is 15.5. The fourth-order valence-corrected chi connectivity index (χ4v) is 2.45. The molecule has 24 heavy (non-hydrogen) atoms. The van der Waals surface area contributed by atoms with Gasteiger partial charge in [-0.2, -0.15) is 0 Å². The Hall–Kier alpha value is -2.75. The van der Waals surface area contributed by atoms with Crippen molar-refractivity contribution in [3.8, 4) is 11.5 Å². The highest BCUT2D eigenvalue weighted by Gasteiger charge is 2.01. The van der Waals surface area contributed by atoms with E-state index in [0.717, 1.165) is 24.8 Å². The Kier molecular flexibility index (Phi) is 6.90. The second-order valence-corrected chi connectivity index (χ2v) is 5.55. The fourth-order valence-electron chi connectivity index (χ4n) is 2.45. The molecule has 0 amide bonds. The molecule has 2 aromatic rings. The zero-order valence-electron chi connectivity index (χ0n) is 13.9. The summed E-state index contributed by atoms with van der Waals surface area (Å²) in [6.07, 6.45) is 7.31. The maximum absolute atomic E-state index is 9.76. The van der Waals surface area contributed by atoms with Crippen LogP contribution in [0.2, 0.25) is 0 Å². The van der Waals surface area contributed by atoms with Crippen LogP contribution in [0.4, 0.5) is 0 Å². The lowest BCUT2D eigenvalue weighted by Gasteiger charge is -2.04. The SMILES string of the molecule is COc1ccc(C=CC(CCCCc2ccccc2)=NO)cc1O. The molecule has 2 N–H and O–H groups in total. The van der Waals surface area contributed by atoms with E-state index in [1.165, 1.54) is 12.7 Å². The summed E-state index contributed by atoms with van der Waals surface area (Å²) < 4.78 is 5.01. The van der Waals surface area contributed by atoms with Crippen molar-refractivity contribution in [3.05, 3.63) is 65.7 Å². The van der Waals surface area contributed by atoms with Crippen molar-refractivity contribution < 1.29 is 15.1 Å². The van der Waals surface area contributed by atoms with Gasteiger partial charge in [0.05, 0.1) is 12.8 Å². The highest BCUT2D eigenvalue weighted by molar-refractivity contribution is 5.97. The van der Waals surface area contributed by atoms with Crippen molar-refractivity contribution in [2.45, 2.75) is 25.7 Å². The second-order valence-electron chi connectivity index (χ2n) is 5.55. The summed E-state index contributed by atoms with van der Waals surface area (Å²) in [7, 11) is 1.51. The first-order valence-electron chi connectivity index (χ1n) is 8.03. The van der Waals surface area contributed by atoms with E-state index in [0.29, 0.717) is 17.9 Å². The van der Waals surface area contributed by atoms with Crippen molar-refractivity contribution in [1.29, 1.82) is 0 Å². The van der Waals surface area contributed by atoms with Crippen molar-refractivity contribution >= 4 is 11.8 Å². The number of aromatic hydroxyl groups is 1. The first kappa shape index (κ1) is 17.6. The van der Waals surface area contributed by atoms with Crippen LogP contribution >= 0.6 is 0 Å². The molecule has 4 heteroatoms. The van der Waals surface area contributed by atoms with Gasteiger partial charge in [0.2, 0.25) is 0 Å². The molecule has 0 saturated heterocycles. The number of phenolic OH excluding ortho intramolecular Hbond substituents is 1. The van der Waals surface area contributed by atoms with E-state index in [2.05, 4.69) is 17.3 Å². The molecule has 0 saturated carbocycles. The number of hydrogen-bond donors (Lipinski definition) is 2. The van der Waals surface area contributed by atoms with Crippen LogP contribution in [-0.2, 0) is 6.42 Å². The zero-order chi connectivity index (χ0) is 17.2. The van der Waals surface area contributed by atoms with Gasteiger partial charge >= 0.3 is 0 Å². The average Bonchev–Trinajstić information content (AvgIpc) is 2.62. The number of nitrogens with zero attached hydrogens (tertiary/aromatic N) is 1. The number of oxime groups is 1. The molecule has 0 spiro atoms. The topological polar surface area (TPSA) is 62.0 Å². The zero-order valence-corrected chi connectivity index (χ0v) is 13.9. The predicted octanol–water partition coefficient (Wildman–Crippen LogP) is 4.66. The molecule has 2 aromatic carbocycles. The van der Waals surface area contributed by atoms with Crippen LogP contribution in [0.15, 0.2) is 59.8 Å². The number of unbranched alkanes of at least 4 members (excludes halogenated alkanes) is 1. The molecule has 0 heterocycles. The van der Waals surface area contributed by atoms with Crippen molar-refractivity contribution in [2.75, 3.05) is 7.11 Å². The summed E-state index contributed by atoms with van der Waals surface area (Å²) in [4.78, 5) is 0. The van der Waals surface area contributed by atoms with Gasteiger partial charge in [0, 0.05) is 0 Å². The smallest absolute Gasteiger partial charge is 0.160 e. The van der Waals surface area contributed by atoms with Gasteiger partial charge in [-0.05, 0) is 55.0 Å². The van der Waals surface area contributed by atoms with Gasteiger partial charge in [-0.3, -0.25) is 0 Å². The second kappa shape index (κ2) is 9.40. The van der Waals surface area contributed by atoms with E-state index in [1.54, 1.807) is 18.2 Å². The van der Waals surface area contributed by atoms with Gasteiger partial charge in [0.1, 0.15) is 0 Å². The Balaban J connectivity index is 1.82. The highest BCUT2D eigenvalue weighted by Crippen LogP contribution is 2.26. The van der Waals surface area contributed by atoms with E-state index in [9.17, 15) is 5.11 Å². The number of ether oxygens (including phenoxy) is 1. The lowest BCUT2D eigenvalue weighted by atomic mass is 10.0. The monoisotopic (exact) mass is 325 g/mol. The minimum atomic E-state index is 0.0880. The first-order chi connectivity index (χ1) is 11.7. The van der Waals surface area contributed by atoms with Crippen LogP contribution in [0.25, 0.3) is 6.08 Å². The minimum Gasteiger partial charge on any atom is -0.504 e. The molecule has 0 atom stereocenters. The van der Waals surface area contributed by atoms with Crippen molar-refractivity contribution in [2.24, 2.45) is 5.16 Å². The summed E-state index contributed by atoms with van der Waals surface area (Å²) >= 11 is 0. The third-order valence-electron chi connectivity index (χ3n) is 3.79. The number of hydrogen-bond acceptors (Lipinski definition) is 4. The summed E-state index contributed by atoms with van der Waals surface area (Å²) in [5.74, 6) is 0.522. The number of phenols is 1. The Bertz CT molecular complexity index is 693. The van der Waals surface area contributed by atoms with Crippen LogP contribution in [0.3, 0.4) is 0 Å². The number of benzene rings is 2. The van der Waals surface area contributed by atoms with Gasteiger partial charge in [0.25, 0.3) is 0 Å². The molecule has 0 aliphatic carbocycles. The lowest BCUT2D eigenvalue weighted by Crippen LogP contribution is -1.95. The van der Waals surface area contributed by atoms with Crippen LogP contribution in [0, 0.1) is 0 Å². The normalized spacial score (nSPS) is 11.8. The quantitative estimate of drug-likeness (QED) is 0.321. The molecule has 0 aliphatic rings. The molecule has 0 aliphatic heterocycles. The van der Waals surface area contributed by atoms with E-state index in [4.69, 9.17) is 9.94 Å². The third-order valence-corrected chi connectivity index (χ3v) is 3.79. The first-order valence-corrected chi connectivity index (χ1v) is 8.03. The van der Waals surface area contributed by atoms with Gasteiger partial charge in [0.15, 0.2) is 11.5 Å². The highest BCUT2D eigenvalue weighted by atomic mass is 16.5. The third kappa shape index (κ3) is 5.47. The van der Waals surface area contributed by atoms with Crippen LogP contribution < -0.4 is 4.74 Å². The number of aryl methyl sites for hydroxylation is 1. The molecule has 4 nitrogen and oxygen atoms in total. The molecule has 2 rings (SSSR count). The Morgan fingerprint density at radius 1 is 1.12 bits per heavy atom. The largest absolute Gasteiger partial charge is 0.504 e. The molecular weight excluding hydrogens is 302 g/mol. The van der Waals surface area contributed by atoms with Gasteiger partial charge in [-0.25, -0.2) is 0 Å². The summed E-state index contributed by atoms with van der Waals surface area (Å²) in [6.45, 7) is 0. The number of rotatable bonds is 8. The lowest BCUT2D eigenvalue weighted by molar-refractivity contribution is 0.318. The Morgan fingerprint density at radius 2 is 1.92 bits per heavy atom. The molecule has 0 fully saturated rings. The number of methoxy groups -OCH3 is 1. The molecule has 0 bridgehead atoms. The molecule has 126 valence electrons. The van der Waals surface area contributed by atoms with E-state index in [1.807, 2.05) is 30.3 Å². The number of allylic oxidation sites excluding steroid dienone is 1. The van der Waals surface area contributed by atoms with Crippen LogP contribution in [-0.4, -0.2) is 23.1 Å². The Labute approximate surface area is 142 Å². The predicted molar refractivity (Wildman–Crippen MR) is 96.9 cm³/mol. The average molecular weight is 325 g/mol. The molecular formula is C20H23NO3. The van der Waals surface area contributed by atoms with Crippen molar-refractivity contribution in [3.63, 3.8) is 0 Å². The van der Waals surface area contributed by atoms with E-state index < -0.39 is 0 Å². The summed E-state index contributed by atoms with van der Waals surface area (Å²) in [5, 5.41) is 22.2. The molecule has 0 aromatic heterocycles. The fraction of sp³-hybridized carbons (Fsp3) is 0.250. The van der Waals surface area contributed by atoms with E-state index in [-0.39, 0.29) is 5.75 Å². The molecule has 0 radical (unpaired) electrons.